The maximum atomic E-state index is 11.7. The van der Waals surface area contributed by atoms with Crippen molar-refractivity contribution >= 4 is 23.2 Å². The molecular weight excluding hydrogens is 360 g/mol. The van der Waals surface area contributed by atoms with Crippen molar-refractivity contribution in [2.24, 2.45) is 0 Å². The molecule has 28 heavy (non-hydrogen) atoms. The Bertz CT molecular complexity index is 961. The average molecular weight is 380 g/mol. The van der Waals surface area contributed by atoms with E-state index in [4.69, 9.17) is 19.9 Å². The van der Waals surface area contributed by atoms with E-state index in [1.54, 1.807) is 50.4 Å². The third-order valence-electron chi connectivity index (χ3n) is 3.78. The first-order chi connectivity index (χ1) is 13.6. The molecule has 0 aliphatic heterocycles. The fourth-order valence-corrected chi connectivity index (χ4v) is 2.41. The fraction of sp³-hybridized carbons (Fsp3) is 0.150. The Morgan fingerprint density at radius 3 is 2.46 bits per heavy atom. The summed E-state index contributed by atoms with van der Waals surface area (Å²) in [6, 6.07) is 14.0. The zero-order valence-corrected chi connectivity index (χ0v) is 15.5. The van der Waals surface area contributed by atoms with Crippen LogP contribution in [0.3, 0.4) is 0 Å². The van der Waals surface area contributed by atoms with Gasteiger partial charge in [-0.15, -0.1) is 0 Å². The number of methoxy groups -OCH3 is 1. The predicted octanol–water partition coefficient (Wildman–Crippen LogP) is 3.78. The van der Waals surface area contributed by atoms with E-state index < -0.39 is 0 Å². The quantitative estimate of drug-likeness (QED) is 0.596. The predicted molar refractivity (Wildman–Crippen MR) is 105 cm³/mol. The molecule has 0 amide bonds. The van der Waals surface area contributed by atoms with Gasteiger partial charge in [-0.1, -0.05) is 12.1 Å². The molecule has 144 valence electrons. The second-order valence-corrected chi connectivity index (χ2v) is 5.62. The number of aromatic nitrogens is 2. The number of nitrogens with zero attached hydrogens (tertiary/aromatic N) is 2. The van der Waals surface area contributed by atoms with Crippen LogP contribution in [0.2, 0.25) is 0 Å². The van der Waals surface area contributed by atoms with Gasteiger partial charge in [-0.25, -0.2) is 9.78 Å². The molecular formula is C20H20N4O4. The number of nitrogens with two attached hydrogens (primary N) is 1. The maximum absolute atomic E-state index is 11.7. The van der Waals surface area contributed by atoms with Crippen LogP contribution in [-0.4, -0.2) is 29.7 Å². The molecule has 8 nitrogen and oxygen atoms in total. The van der Waals surface area contributed by atoms with Crippen LogP contribution < -0.4 is 20.5 Å². The Balaban J connectivity index is 1.78. The molecule has 1 aromatic heterocycles. The molecule has 0 saturated heterocycles. The summed E-state index contributed by atoms with van der Waals surface area (Å²) in [5.74, 6) is 1.25. The summed E-state index contributed by atoms with van der Waals surface area (Å²) >= 11 is 0. The van der Waals surface area contributed by atoms with Crippen LogP contribution in [0.25, 0.3) is 0 Å². The highest BCUT2D eigenvalue weighted by molar-refractivity contribution is 5.90. The number of esters is 1. The van der Waals surface area contributed by atoms with Crippen molar-refractivity contribution in [1.29, 1.82) is 0 Å². The van der Waals surface area contributed by atoms with Gasteiger partial charge < -0.3 is 25.3 Å². The number of ether oxygens (including phenoxy) is 3. The molecule has 1 heterocycles. The molecule has 0 aliphatic rings. The molecule has 0 spiro atoms. The molecule has 2 aromatic carbocycles. The van der Waals surface area contributed by atoms with Gasteiger partial charge in [0.15, 0.2) is 17.3 Å². The molecule has 0 radical (unpaired) electrons. The number of benzene rings is 2. The van der Waals surface area contributed by atoms with Crippen LogP contribution in [0.5, 0.6) is 17.4 Å². The third kappa shape index (κ3) is 4.29. The molecule has 0 bridgehead atoms. The molecule has 3 rings (SSSR count). The van der Waals surface area contributed by atoms with Crippen LogP contribution in [-0.2, 0) is 4.74 Å². The summed E-state index contributed by atoms with van der Waals surface area (Å²) in [6.07, 6.45) is 1.34. The zero-order valence-electron chi connectivity index (χ0n) is 15.5. The van der Waals surface area contributed by atoms with Crippen LogP contribution >= 0.6 is 0 Å². The molecule has 0 aliphatic carbocycles. The van der Waals surface area contributed by atoms with Gasteiger partial charge in [0.1, 0.15) is 12.0 Å². The Labute approximate surface area is 162 Å². The highest BCUT2D eigenvalue weighted by Gasteiger charge is 2.13. The summed E-state index contributed by atoms with van der Waals surface area (Å²) in [5.41, 5.74) is 7.56. The summed E-state index contributed by atoms with van der Waals surface area (Å²) in [7, 11) is 1.55. The van der Waals surface area contributed by atoms with Gasteiger partial charge in [0.2, 0.25) is 5.88 Å². The topological polar surface area (TPSA) is 109 Å². The Kier molecular flexibility index (Phi) is 5.91. The van der Waals surface area contributed by atoms with E-state index in [9.17, 15) is 4.79 Å². The number of hydrogen-bond donors (Lipinski definition) is 2. The van der Waals surface area contributed by atoms with Gasteiger partial charge >= 0.3 is 5.97 Å². The standard InChI is InChI=1S/C20H20N4O4/c1-3-27-20(25)13-8-10-14(11-9-13)24-18-17(21)19(23-12-22-18)28-16-7-5-4-6-15(16)26-2/h4-12H,3,21H2,1-2H3,(H,22,23,24). The molecule has 3 N–H and O–H groups in total. The van der Waals surface area contributed by atoms with Gasteiger partial charge in [-0.2, -0.15) is 4.98 Å². The smallest absolute Gasteiger partial charge is 0.338 e. The van der Waals surface area contributed by atoms with E-state index >= 15 is 0 Å². The van der Waals surface area contributed by atoms with Crippen molar-refractivity contribution in [2.75, 3.05) is 24.8 Å². The first kappa shape index (κ1) is 19.0. The van der Waals surface area contributed by atoms with Gasteiger partial charge in [0.05, 0.1) is 19.3 Å². The number of anilines is 3. The third-order valence-corrected chi connectivity index (χ3v) is 3.78. The number of carbonyl (C=O) groups is 1. The fourth-order valence-electron chi connectivity index (χ4n) is 2.41. The first-order valence-electron chi connectivity index (χ1n) is 8.58. The van der Waals surface area contributed by atoms with E-state index in [1.165, 1.54) is 6.33 Å². The number of nitrogen functional groups attached to an aromatic ring is 1. The monoisotopic (exact) mass is 380 g/mol. The lowest BCUT2D eigenvalue weighted by molar-refractivity contribution is 0.0526. The molecule has 8 heteroatoms. The van der Waals surface area contributed by atoms with Crippen molar-refractivity contribution in [2.45, 2.75) is 6.92 Å². The Morgan fingerprint density at radius 2 is 1.79 bits per heavy atom. The largest absolute Gasteiger partial charge is 0.493 e. The minimum Gasteiger partial charge on any atom is -0.493 e. The molecule has 3 aromatic rings. The molecule has 0 unspecified atom stereocenters. The van der Waals surface area contributed by atoms with Gasteiger partial charge in [-0.05, 0) is 43.3 Å². The number of carbonyl (C=O) groups excluding carboxylic acids is 1. The second kappa shape index (κ2) is 8.72. The van der Waals surface area contributed by atoms with E-state index in [0.717, 1.165) is 0 Å². The molecule has 0 fully saturated rings. The van der Waals surface area contributed by atoms with E-state index in [2.05, 4.69) is 15.3 Å². The minimum absolute atomic E-state index is 0.199. The van der Waals surface area contributed by atoms with Crippen molar-refractivity contribution in [3.63, 3.8) is 0 Å². The normalized spacial score (nSPS) is 10.2. The van der Waals surface area contributed by atoms with Crippen LogP contribution in [0.15, 0.2) is 54.9 Å². The van der Waals surface area contributed by atoms with Crippen LogP contribution in [0.1, 0.15) is 17.3 Å². The molecule has 0 atom stereocenters. The number of rotatable bonds is 7. The minimum atomic E-state index is -0.372. The van der Waals surface area contributed by atoms with Gasteiger partial charge in [0.25, 0.3) is 0 Å². The molecule has 0 saturated carbocycles. The van der Waals surface area contributed by atoms with Crippen LogP contribution in [0.4, 0.5) is 17.2 Å². The highest BCUT2D eigenvalue weighted by Crippen LogP contribution is 2.35. The lowest BCUT2D eigenvalue weighted by atomic mass is 10.2. The SMILES string of the molecule is CCOC(=O)c1ccc(Nc2ncnc(Oc3ccccc3OC)c2N)cc1. The van der Waals surface area contributed by atoms with Crippen molar-refractivity contribution in [1.82, 2.24) is 9.97 Å². The lowest BCUT2D eigenvalue weighted by Gasteiger charge is -2.13. The van der Waals surface area contributed by atoms with E-state index in [-0.39, 0.29) is 17.5 Å². The number of para-hydroxylation sites is 2. The first-order valence-corrected chi connectivity index (χ1v) is 8.58. The van der Waals surface area contributed by atoms with Gasteiger partial charge in [0, 0.05) is 5.69 Å². The Morgan fingerprint density at radius 1 is 1.07 bits per heavy atom. The van der Waals surface area contributed by atoms with Crippen LogP contribution in [0, 0.1) is 0 Å². The summed E-state index contributed by atoms with van der Waals surface area (Å²) in [5, 5.41) is 3.09. The summed E-state index contributed by atoms with van der Waals surface area (Å²) < 4.78 is 16.0. The van der Waals surface area contributed by atoms with Crippen molar-refractivity contribution < 1.29 is 19.0 Å². The number of hydrogen-bond acceptors (Lipinski definition) is 8. The van der Waals surface area contributed by atoms with Gasteiger partial charge in [-0.3, -0.25) is 0 Å². The zero-order chi connectivity index (χ0) is 19.9. The lowest BCUT2D eigenvalue weighted by Crippen LogP contribution is -2.05. The average Bonchev–Trinajstić information content (AvgIpc) is 2.72. The number of nitrogens with one attached hydrogen (secondary N) is 1. The van der Waals surface area contributed by atoms with Crippen molar-refractivity contribution in [3.05, 3.63) is 60.4 Å². The summed E-state index contributed by atoms with van der Waals surface area (Å²) in [4.78, 5) is 20.0. The Hall–Kier alpha value is -3.81. The second-order valence-electron chi connectivity index (χ2n) is 5.62. The maximum Gasteiger partial charge on any atom is 0.338 e. The van der Waals surface area contributed by atoms with Crippen molar-refractivity contribution in [3.8, 4) is 17.4 Å². The van der Waals surface area contributed by atoms with E-state index in [1.807, 2.05) is 12.1 Å². The highest BCUT2D eigenvalue weighted by atomic mass is 16.5. The van der Waals surface area contributed by atoms with E-state index in [0.29, 0.717) is 35.2 Å². The summed E-state index contributed by atoms with van der Waals surface area (Å²) in [6.45, 7) is 2.08.